The first-order valence-electron chi connectivity index (χ1n) is 8.24. The van der Waals surface area contributed by atoms with Crippen molar-refractivity contribution in [2.45, 2.75) is 39.7 Å². The van der Waals surface area contributed by atoms with Crippen LogP contribution in [0.3, 0.4) is 0 Å². The number of hydrogen-bond acceptors (Lipinski definition) is 5. The molecule has 3 rings (SSSR count). The van der Waals surface area contributed by atoms with Gasteiger partial charge in [0, 0.05) is 36.3 Å². The van der Waals surface area contributed by atoms with Gasteiger partial charge in [-0.1, -0.05) is 11.2 Å². The topological polar surface area (TPSA) is 81.2 Å². The largest absolute Gasteiger partial charge is 0.456 e. The van der Waals surface area contributed by atoms with Gasteiger partial charge in [0.1, 0.15) is 11.5 Å². The molecule has 1 N–H and O–H groups in total. The van der Waals surface area contributed by atoms with Crippen LogP contribution >= 0.6 is 0 Å². The molecule has 0 bridgehead atoms. The highest BCUT2D eigenvalue weighted by Crippen LogP contribution is 2.19. The van der Waals surface area contributed by atoms with Gasteiger partial charge in [-0.05, 0) is 45.0 Å². The quantitative estimate of drug-likeness (QED) is 0.745. The SMILES string of the molecule is Cc1noc(C)c1Cc1ccc(C(=O)NC(C)Cc2ccccn2)o1. The van der Waals surface area contributed by atoms with Crippen molar-refractivity contribution in [2.75, 3.05) is 0 Å². The molecule has 0 saturated heterocycles. The third-order valence-corrected chi connectivity index (χ3v) is 4.04. The number of carbonyl (C=O) groups excluding carboxylic acids is 1. The summed E-state index contributed by atoms with van der Waals surface area (Å²) in [6, 6.07) is 9.21. The molecule has 6 nitrogen and oxygen atoms in total. The zero-order chi connectivity index (χ0) is 17.8. The average Bonchev–Trinajstić information content (AvgIpc) is 3.18. The number of pyridine rings is 1. The van der Waals surface area contributed by atoms with Crippen molar-refractivity contribution < 1.29 is 13.7 Å². The molecule has 130 valence electrons. The molecule has 0 radical (unpaired) electrons. The number of nitrogens with one attached hydrogen (secondary N) is 1. The van der Waals surface area contributed by atoms with Crippen LogP contribution in [0.4, 0.5) is 0 Å². The summed E-state index contributed by atoms with van der Waals surface area (Å²) < 4.78 is 10.8. The molecule has 3 aromatic rings. The fourth-order valence-corrected chi connectivity index (χ4v) is 2.70. The zero-order valence-electron chi connectivity index (χ0n) is 14.6. The maximum Gasteiger partial charge on any atom is 0.287 e. The van der Waals surface area contributed by atoms with Crippen LogP contribution in [0.5, 0.6) is 0 Å². The smallest absolute Gasteiger partial charge is 0.287 e. The molecule has 0 aromatic carbocycles. The highest BCUT2D eigenvalue weighted by atomic mass is 16.5. The molecular weight excluding hydrogens is 318 g/mol. The number of rotatable bonds is 6. The number of hydrogen-bond donors (Lipinski definition) is 1. The lowest BCUT2D eigenvalue weighted by molar-refractivity contribution is 0.0910. The van der Waals surface area contributed by atoms with E-state index in [2.05, 4.69) is 15.5 Å². The van der Waals surface area contributed by atoms with Gasteiger partial charge in [0.05, 0.1) is 5.69 Å². The molecule has 0 aliphatic rings. The first kappa shape index (κ1) is 17.0. The van der Waals surface area contributed by atoms with Crippen LogP contribution in [0, 0.1) is 13.8 Å². The third-order valence-electron chi connectivity index (χ3n) is 4.04. The summed E-state index contributed by atoms with van der Waals surface area (Å²) in [5, 5.41) is 6.87. The molecule has 3 heterocycles. The maximum absolute atomic E-state index is 12.3. The number of aromatic nitrogens is 2. The molecule has 0 spiro atoms. The summed E-state index contributed by atoms with van der Waals surface area (Å²) in [6.45, 7) is 5.70. The van der Waals surface area contributed by atoms with E-state index in [4.69, 9.17) is 8.94 Å². The maximum atomic E-state index is 12.3. The van der Waals surface area contributed by atoms with Crippen LogP contribution in [-0.4, -0.2) is 22.1 Å². The molecule has 1 unspecified atom stereocenters. The Bertz CT molecular complexity index is 832. The molecule has 6 heteroatoms. The summed E-state index contributed by atoms with van der Waals surface area (Å²) >= 11 is 0. The van der Waals surface area contributed by atoms with E-state index in [0.29, 0.717) is 24.4 Å². The average molecular weight is 339 g/mol. The number of nitrogens with zero attached hydrogens (tertiary/aromatic N) is 2. The van der Waals surface area contributed by atoms with E-state index in [-0.39, 0.29) is 11.9 Å². The van der Waals surface area contributed by atoms with Crippen molar-refractivity contribution in [2.24, 2.45) is 0 Å². The standard InChI is InChI=1S/C19H21N3O3/c1-12(10-15-6-4-5-9-20-15)21-19(23)18-8-7-16(24-18)11-17-13(2)22-25-14(17)3/h4-9,12H,10-11H2,1-3H3,(H,21,23). The van der Waals surface area contributed by atoms with Crippen molar-refractivity contribution in [1.82, 2.24) is 15.5 Å². The van der Waals surface area contributed by atoms with Gasteiger partial charge in [-0.2, -0.15) is 0 Å². The second-order valence-corrected chi connectivity index (χ2v) is 6.15. The van der Waals surface area contributed by atoms with E-state index in [9.17, 15) is 4.79 Å². The monoisotopic (exact) mass is 339 g/mol. The summed E-state index contributed by atoms with van der Waals surface area (Å²) in [5.74, 6) is 1.55. The highest BCUT2D eigenvalue weighted by molar-refractivity contribution is 5.91. The molecular formula is C19H21N3O3. The van der Waals surface area contributed by atoms with Crippen molar-refractivity contribution in [3.63, 3.8) is 0 Å². The van der Waals surface area contributed by atoms with Gasteiger partial charge >= 0.3 is 0 Å². The Morgan fingerprint density at radius 1 is 1.24 bits per heavy atom. The second-order valence-electron chi connectivity index (χ2n) is 6.15. The third kappa shape index (κ3) is 4.15. The van der Waals surface area contributed by atoms with Crippen molar-refractivity contribution in [1.29, 1.82) is 0 Å². The fraction of sp³-hybridized carbons (Fsp3) is 0.316. The Hall–Kier alpha value is -2.89. The Morgan fingerprint density at radius 2 is 2.08 bits per heavy atom. The minimum Gasteiger partial charge on any atom is -0.456 e. The van der Waals surface area contributed by atoms with Crippen LogP contribution in [0.15, 0.2) is 45.5 Å². The summed E-state index contributed by atoms with van der Waals surface area (Å²) in [6.07, 6.45) is 2.97. The molecule has 0 saturated carbocycles. The second kappa shape index (κ2) is 7.34. The molecule has 0 aliphatic heterocycles. The Morgan fingerprint density at radius 3 is 2.76 bits per heavy atom. The van der Waals surface area contributed by atoms with Crippen LogP contribution < -0.4 is 5.32 Å². The first-order valence-corrected chi connectivity index (χ1v) is 8.24. The van der Waals surface area contributed by atoms with Gasteiger partial charge in [0.2, 0.25) is 0 Å². The Kier molecular flexibility index (Phi) is 4.97. The summed E-state index contributed by atoms with van der Waals surface area (Å²) in [7, 11) is 0. The number of aryl methyl sites for hydroxylation is 2. The van der Waals surface area contributed by atoms with E-state index in [1.807, 2.05) is 45.0 Å². The van der Waals surface area contributed by atoms with Crippen LogP contribution in [0.2, 0.25) is 0 Å². The lowest BCUT2D eigenvalue weighted by atomic mass is 10.1. The van der Waals surface area contributed by atoms with Crippen LogP contribution in [0.25, 0.3) is 0 Å². The molecule has 1 amide bonds. The lowest BCUT2D eigenvalue weighted by Gasteiger charge is -2.12. The van der Waals surface area contributed by atoms with Gasteiger partial charge in [-0.25, -0.2) is 0 Å². The Labute approximate surface area is 146 Å². The van der Waals surface area contributed by atoms with E-state index < -0.39 is 0 Å². The molecule has 0 aliphatic carbocycles. The summed E-state index contributed by atoms with van der Waals surface area (Å²) in [5.41, 5.74) is 2.77. The zero-order valence-corrected chi connectivity index (χ0v) is 14.6. The number of amides is 1. The van der Waals surface area contributed by atoms with Crippen LogP contribution in [0.1, 0.15) is 46.0 Å². The van der Waals surface area contributed by atoms with Gasteiger partial charge in [0.25, 0.3) is 5.91 Å². The van der Waals surface area contributed by atoms with Crippen molar-refractivity contribution >= 4 is 5.91 Å². The molecule has 0 fully saturated rings. The predicted molar refractivity (Wildman–Crippen MR) is 92.4 cm³/mol. The minimum absolute atomic E-state index is 0.0430. The fourth-order valence-electron chi connectivity index (χ4n) is 2.70. The normalized spacial score (nSPS) is 12.1. The van der Waals surface area contributed by atoms with Crippen molar-refractivity contribution in [3.8, 4) is 0 Å². The number of furan rings is 1. The van der Waals surface area contributed by atoms with E-state index in [0.717, 1.165) is 22.7 Å². The molecule has 25 heavy (non-hydrogen) atoms. The molecule has 3 aromatic heterocycles. The minimum atomic E-state index is -0.228. The van der Waals surface area contributed by atoms with Gasteiger partial charge < -0.3 is 14.3 Å². The predicted octanol–water partition coefficient (Wildman–Crippen LogP) is 3.23. The van der Waals surface area contributed by atoms with E-state index >= 15 is 0 Å². The van der Waals surface area contributed by atoms with E-state index in [1.165, 1.54) is 0 Å². The highest BCUT2D eigenvalue weighted by Gasteiger charge is 2.17. The number of carbonyl (C=O) groups is 1. The van der Waals surface area contributed by atoms with Gasteiger partial charge in [-0.3, -0.25) is 9.78 Å². The Balaban J connectivity index is 1.60. The van der Waals surface area contributed by atoms with E-state index in [1.54, 1.807) is 12.3 Å². The first-order chi connectivity index (χ1) is 12.0. The summed E-state index contributed by atoms with van der Waals surface area (Å²) in [4.78, 5) is 16.6. The van der Waals surface area contributed by atoms with Crippen LogP contribution in [-0.2, 0) is 12.8 Å². The lowest BCUT2D eigenvalue weighted by Crippen LogP contribution is -2.34. The van der Waals surface area contributed by atoms with Gasteiger partial charge in [0.15, 0.2) is 5.76 Å². The van der Waals surface area contributed by atoms with Gasteiger partial charge in [-0.15, -0.1) is 0 Å². The van der Waals surface area contributed by atoms with Crippen molar-refractivity contribution in [3.05, 3.63) is 70.8 Å². The molecule has 1 atom stereocenters.